The average Bonchev–Trinajstić information content (AvgIpc) is 3.56. The molecule has 0 aliphatic heterocycles. The fraction of sp³-hybridized carbons (Fsp3) is 0.226. The van der Waals surface area contributed by atoms with E-state index in [-0.39, 0.29) is 16.8 Å². The Morgan fingerprint density at radius 3 is 2.62 bits per heavy atom. The normalized spacial score (nSPS) is 15.0. The van der Waals surface area contributed by atoms with Crippen LogP contribution in [-0.4, -0.2) is 43.2 Å². The van der Waals surface area contributed by atoms with Crippen molar-refractivity contribution in [2.24, 2.45) is 0 Å². The number of nitrogens with one attached hydrogen (secondary N) is 2. The van der Waals surface area contributed by atoms with E-state index < -0.39 is 16.0 Å². The highest BCUT2D eigenvalue weighted by Crippen LogP contribution is 2.39. The number of nitrogens with zero attached hydrogens (tertiary/aromatic N) is 1. The van der Waals surface area contributed by atoms with E-state index in [0.717, 1.165) is 39.6 Å². The molecule has 8 nitrogen and oxygen atoms in total. The van der Waals surface area contributed by atoms with Crippen LogP contribution in [-0.2, 0) is 37.2 Å². The minimum atomic E-state index is -3.88. The minimum absolute atomic E-state index is 0.173. The molecule has 206 valence electrons. The predicted molar refractivity (Wildman–Crippen MR) is 155 cm³/mol. The predicted octanol–water partition coefficient (Wildman–Crippen LogP) is 5.23. The zero-order valence-corrected chi connectivity index (χ0v) is 23.2. The summed E-state index contributed by atoms with van der Waals surface area (Å²) in [6.07, 6.45) is 6.93. The maximum absolute atomic E-state index is 14.1. The Morgan fingerprint density at radius 2 is 1.88 bits per heavy atom. The molecule has 1 atom stereocenters. The number of esters is 1. The summed E-state index contributed by atoms with van der Waals surface area (Å²) in [5.41, 5.74) is 5.48. The number of rotatable bonds is 9. The van der Waals surface area contributed by atoms with Crippen LogP contribution in [0.3, 0.4) is 0 Å². The third-order valence-corrected chi connectivity index (χ3v) is 9.15. The number of amides is 1. The van der Waals surface area contributed by atoms with Gasteiger partial charge in [-0.15, -0.1) is 0 Å². The molecule has 0 radical (unpaired) electrons. The van der Waals surface area contributed by atoms with E-state index in [2.05, 4.69) is 15.0 Å². The standard InChI is InChI=1S/C31H31N3O5S/c1-21(35)33-25-10-12-26(13-11-25)40(37,38)34(18-17-24-20-32-29-6-4-3-5-27(24)29)30-15-9-23-19-22(7-14-28(23)30)8-16-31(36)39-2/h3-8,10-14,16,19-20,30,32H,9,15,17-18H2,1-2H3,(H,33,35)/b16-8+. The third kappa shape index (κ3) is 5.71. The molecule has 1 aromatic heterocycles. The van der Waals surface area contributed by atoms with Crippen molar-refractivity contribution in [1.29, 1.82) is 0 Å². The fourth-order valence-electron chi connectivity index (χ4n) is 5.31. The number of H-pyrrole nitrogens is 1. The van der Waals surface area contributed by atoms with Crippen molar-refractivity contribution in [3.63, 3.8) is 0 Å². The van der Waals surface area contributed by atoms with Crippen LogP contribution in [0, 0.1) is 0 Å². The zero-order chi connectivity index (χ0) is 28.3. The highest BCUT2D eigenvalue weighted by molar-refractivity contribution is 7.89. The molecule has 3 aromatic carbocycles. The highest BCUT2D eigenvalue weighted by atomic mass is 32.2. The summed E-state index contributed by atoms with van der Waals surface area (Å²) < 4.78 is 34.6. The van der Waals surface area contributed by atoms with Gasteiger partial charge in [-0.3, -0.25) is 4.79 Å². The number of hydrogen-bond acceptors (Lipinski definition) is 5. The summed E-state index contributed by atoms with van der Waals surface area (Å²) in [6.45, 7) is 1.71. The van der Waals surface area contributed by atoms with E-state index in [1.165, 1.54) is 32.2 Å². The Balaban J connectivity index is 1.48. The lowest BCUT2D eigenvalue weighted by Crippen LogP contribution is -2.35. The van der Waals surface area contributed by atoms with Gasteiger partial charge in [0.1, 0.15) is 0 Å². The number of hydrogen-bond donors (Lipinski definition) is 2. The van der Waals surface area contributed by atoms with E-state index in [1.807, 2.05) is 48.7 Å². The maximum Gasteiger partial charge on any atom is 0.330 e. The lowest BCUT2D eigenvalue weighted by Gasteiger charge is -2.29. The van der Waals surface area contributed by atoms with Crippen molar-refractivity contribution in [3.8, 4) is 0 Å². The van der Waals surface area contributed by atoms with Crippen molar-refractivity contribution in [3.05, 3.63) is 101 Å². The summed E-state index contributed by atoms with van der Waals surface area (Å²) >= 11 is 0. The molecule has 5 rings (SSSR count). The number of ether oxygens (including phenoxy) is 1. The Labute approximate surface area is 233 Å². The molecule has 2 N–H and O–H groups in total. The second kappa shape index (κ2) is 11.5. The van der Waals surface area contributed by atoms with Crippen LogP contribution in [0.4, 0.5) is 5.69 Å². The highest BCUT2D eigenvalue weighted by Gasteiger charge is 2.36. The molecule has 4 aromatic rings. The first-order valence-corrected chi connectivity index (χ1v) is 14.5. The number of carbonyl (C=O) groups excluding carboxylic acids is 2. The van der Waals surface area contributed by atoms with Gasteiger partial charge in [-0.1, -0.05) is 36.4 Å². The van der Waals surface area contributed by atoms with Gasteiger partial charge in [-0.25, -0.2) is 13.2 Å². The first kappa shape index (κ1) is 27.4. The number of para-hydroxylation sites is 1. The number of aryl methyl sites for hydroxylation is 1. The number of anilines is 1. The van der Waals surface area contributed by atoms with E-state index in [4.69, 9.17) is 0 Å². The molecule has 0 bridgehead atoms. The fourth-order valence-corrected chi connectivity index (χ4v) is 6.95. The summed E-state index contributed by atoms with van der Waals surface area (Å²) in [5, 5.41) is 3.76. The van der Waals surface area contributed by atoms with Crippen LogP contribution in [0.2, 0.25) is 0 Å². The van der Waals surface area contributed by atoms with Crippen molar-refractivity contribution < 1.29 is 22.7 Å². The molecule has 1 aliphatic carbocycles. The van der Waals surface area contributed by atoms with Gasteiger partial charge in [0.05, 0.1) is 18.0 Å². The number of aromatic amines is 1. The van der Waals surface area contributed by atoms with E-state index >= 15 is 0 Å². The maximum atomic E-state index is 14.1. The number of fused-ring (bicyclic) bond motifs is 2. The molecule has 0 fully saturated rings. The quantitative estimate of drug-likeness (QED) is 0.216. The number of aromatic nitrogens is 1. The van der Waals surface area contributed by atoms with Gasteiger partial charge in [0.2, 0.25) is 15.9 Å². The van der Waals surface area contributed by atoms with Crippen LogP contribution < -0.4 is 5.32 Å². The molecule has 9 heteroatoms. The number of methoxy groups -OCH3 is 1. The van der Waals surface area contributed by atoms with Crippen molar-refractivity contribution >= 4 is 44.6 Å². The van der Waals surface area contributed by atoms with Gasteiger partial charge < -0.3 is 15.0 Å². The van der Waals surface area contributed by atoms with Gasteiger partial charge in [-0.2, -0.15) is 4.31 Å². The van der Waals surface area contributed by atoms with Crippen molar-refractivity contribution in [2.75, 3.05) is 19.0 Å². The number of carbonyl (C=O) groups is 2. The Morgan fingerprint density at radius 1 is 1.10 bits per heavy atom. The summed E-state index contributed by atoms with van der Waals surface area (Å²) in [7, 11) is -2.55. The molecule has 0 saturated heterocycles. The van der Waals surface area contributed by atoms with Crippen LogP contribution in [0.1, 0.15) is 41.6 Å². The second-order valence-corrected chi connectivity index (χ2v) is 11.7. The average molecular weight is 558 g/mol. The zero-order valence-electron chi connectivity index (χ0n) is 22.4. The molecule has 0 spiro atoms. The first-order chi connectivity index (χ1) is 19.3. The van der Waals surface area contributed by atoms with Gasteiger partial charge in [0.15, 0.2) is 0 Å². The van der Waals surface area contributed by atoms with Crippen LogP contribution in [0.25, 0.3) is 17.0 Å². The second-order valence-electron chi connectivity index (χ2n) is 9.80. The molecule has 40 heavy (non-hydrogen) atoms. The molecule has 1 aliphatic rings. The molecule has 1 amide bonds. The lowest BCUT2D eigenvalue weighted by atomic mass is 10.0. The van der Waals surface area contributed by atoms with E-state index in [1.54, 1.807) is 22.5 Å². The Kier molecular flexibility index (Phi) is 7.86. The number of benzene rings is 3. The molecule has 0 saturated carbocycles. The van der Waals surface area contributed by atoms with Gasteiger partial charge in [0, 0.05) is 42.3 Å². The molecule has 1 unspecified atom stereocenters. The molecule has 1 heterocycles. The van der Waals surface area contributed by atoms with E-state index in [9.17, 15) is 18.0 Å². The third-order valence-electron chi connectivity index (χ3n) is 7.23. The van der Waals surface area contributed by atoms with E-state index in [0.29, 0.717) is 25.1 Å². The summed E-state index contributed by atoms with van der Waals surface area (Å²) in [5.74, 6) is -0.656. The Bertz CT molecular complexity index is 1690. The largest absolute Gasteiger partial charge is 0.466 e. The topological polar surface area (TPSA) is 109 Å². The lowest BCUT2D eigenvalue weighted by molar-refractivity contribution is -0.134. The minimum Gasteiger partial charge on any atom is -0.466 e. The monoisotopic (exact) mass is 557 g/mol. The molecular formula is C31H31N3O5S. The summed E-state index contributed by atoms with van der Waals surface area (Å²) in [4.78, 5) is 26.4. The van der Waals surface area contributed by atoms with Gasteiger partial charge >= 0.3 is 5.97 Å². The Hall–Kier alpha value is -4.21. The van der Waals surface area contributed by atoms with Crippen molar-refractivity contribution in [2.45, 2.75) is 37.1 Å². The number of sulfonamides is 1. The molecular weight excluding hydrogens is 526 g/mol. The first-order valence-electron chi connectivity index (χ1n) is 13.1. The SMILES string of the molecule is COC(=O)/C=C/c1ccc2c(c1)CCC2N(CCc1c[nH]c2ccccc12)S(=O)(=O)c1ccc(NC(C)=O)cc1. The van der Waals surface area contributed by atoms with Crippen LogP contribution >= 0.6 is 0 Å². The van der Waals surface area contributed by atoms with Crippen LogP contribution in [0.15, 0.2) is 83.9 Å². The summed E-state index contributed by atoms with van der Waals surface area (Å²) in [6, 6.07) is 19.8. The van der Waals surface area contributed by atoms with Gasteiger partial charge in [-0.05, 0) is 77.9 Å². The van der Waals surface area contributed by atoms with Gasteiger partial charge in [0.25, 0.3) is 0 Å². The van der Waals surface area contributed by atoms with Crippen LogP contribution in [0.5, 0.6) is 0 Å². The smallest absolute Gasteiger partial charge is 0.330 e. The van der Waals surface area contributed by atoms with Crippen molar-refractivity contribution in [1.82, 2.24) is 9.29 Å².